The number of hydrogen-bond acceptors (Lipinski definition) is 4. The first kappa shape index (κ1) is 17.2. The molecule has 0 radical (unpaired) electrons. The standard InChI is InChI=1S/C14H14O4S.Na/c1-17-14-9-12(19(15)16)7-8-13(14)18-10-11-5-3-2-4-6-11;/h2-9H,10H2,1H3,(H,15,16);/q;+1/p-1. The van der Waals surface area contributed by atoms with E-state index in [9.17, 15) is 8.76 Å². The Balaban J connectivity index is 0.00000200. The Morgan fingerprint density at radius 3 is 2.40 bits per heavy atom. The van der Waals surface area contributed by atoms with Crippen LogP contribution in [0.3, 0.4) is 0 Å². The van der Waals surface area contributed by atoms with Gasteiger partial charge in [-0.15, -0.1) is 0 Å². The van der Waals surface area contributed by atoms with Crippen LogP contribution in [0.2, 0.25) is 0 Å². The van der Waals surface area contributed by atoms with E-state index in [1.54, 1.807) is 6.07 Å². The zero-order chi connectivity index (χ0) is 13.7. The molecule has 0 aliphatic rings. The molecule has 0 spiro atoms. The molecule has 0 aliphatic heterocycles. The second kappa shape index (κ2) is 8.44. The van der Waals surface area contributed by atoms with E-state index in [1.165, 1.54) is 19.2 Å². The first-order valence-corrected chi connectivity index (χ1v) is 6.72. The summed E-state index contributed by atoms with van der Waals surface area (Å²) in [5, 5.41) is 0. The van der Waals surface area contributed by atoms with E-state index in [4.69, 9.17) is 9.47 Å². The minimum Gasteiger partial charge on any atom is -0.768 e. The molecule has 6 heteroatoms. The fourth-order valence-corrected chi connectivity index (χ4v) is 1.99. The van der Waals surface area contributed by atoms with E-state index >= 15 is 0 Å². The van der Waals surface area contributed by atoms with Gasteiger partial charge in [-0.2, -0.15) is 0 Å². The van der Waals surface area contributed by atoms with Crippen LogP contribution in [0.25, 0.3) is 0 Å². The van der Waals surface area contributed by atoms with E-state index in [0.717, 1.165) is 5.56 Å². The van der Waals surface area contributed by atoms with Crippen LogP contribution in [0.1, 0.15) is 5.56 Å². The van der Waals surface area contributed by atoms with Gasteiger partial charge in [0, 0.05) is 4.90 Å². The van der Waals surface area contributed by atoms with Crippen LogP contribution >= 0.6 is 0 Å². The van der Waals surface area contributed by atoms with Crippen molar-refractivity contribution in [3.05, 3.63) is 54.1 Å². The number of benzene rings is 2. The largest absolute Gasteiger partial charge is 1.00 e. The first-order chi connectivity index (χ1) is 9.20. The molecular formula is C14H13NaO4S. The van der Waals surface area contributed by atoms with Crippen molar-refractivity contribution in [3.8, 4) is 11.5 Å². The quantitative estimate of drug-likeness (QED) is 0.553. The second-order valence-corrected chi connectivity index (χ2v) is 4.76. The maximum Gasteiger partial charge on any atom is 1.00 e. The number of methoxy groups -OCH3 is 1. The van der Waals surface area contributed by atoms with Gasteiger partial charge in [0.2, 0.25) is 0 Å². The van der Waals surface area contributed by atoms with Crippen molar-refractivity contribution in [2.75, 3.05) is 7.11 Å². The summed E-state index contributed by atoms with van der Waals surface area (Å²) in [6.45, 7) is 0.400. The number of ether oxygens (including phenoxy) is 2. The van der Waals surface area contributed by atoms with Crippen molar-refractivity contribution in [2.45, 2.75) is 11.5 Å². The topological polar surface area (TPSA) is 58.6 Å². The normalized spacial score (nSPS) is 11.3. The van der Waals surface area contributed by atoms with Crippen LogP contribution in [0.5, 0.6) is 11.5 Å². The summed E-state index contributed by atoms with van der Waals surface area (Å²) in [5.74, 6) is 0.915. The van der Waals surface area contributed by atoms with E-state index < -0.39 is 11.1 Å². The predicted octanol–water partition coefficient (Wildman–Crippen LogP) is -0.484. The van der Waals surface area contributed by atoms with E-state index in [-0.39, 0.29) is 34.5 Å². The van der Waals surface area contributed by atoms with Gasteiger partial charge in [0.05, 0.1) is 7.11 Å². The molecule has 0 saturated heterocycles. The van der Waals surface area contributed by atoms with E-state index in [1.807, 2.05) is 30.3 Å². The van der Waals surface area contributed by atoms with Crippen LogP contribution in [-0.2, 0) is 17.7 Å². The van der Waals surface area contributed by atoms with Crippen LogP contribution in [0, 0.1) is 0 Å². The molecule has 0 aromatic heterocycles. The fourth-order valence-electron chi connectivity index (χ4n) is 1.61. The van der Waals surface area contributed by atoms with Gasteiger partial charge in [-0.1, -0.05) is 30.3 Å². The molecule has 2 rings (SSSR count). The summed E-state index contributed by atoms with van der Waals surface area (Å²) in [5.41, 5.74) is 1.03. The summed E-state index contributed by atoms with van der Waals surface area (Å²) < 4.78 is 32.5. The molecule has 2 aromatic rings. The van der Waals surface area contributed by atoms with Crippen LogP contribution in [0.4, 0.5) is 0 Å². The van der Waals surface area contributed by atoms with Gasteiger partial charge in [0.1, 0.15) is 6.61 Å². The first-order valence-electron chi connectivity index (χ1n) is 5.64. The second-order valence-electron chi connectivity index (χ2n) is 3.82. The van der Waals surface area contributed by atoms with Crippen LogP contribution < -0.4 is 39.0 Å². The summed E-state index contributed by atoms with van der Waals surface area (Å²) in [6, 6.07) is 14.2. The summed E-state index contributed by atoms with van der Waals surface area (Å²) in [7, 11) is 1.47. The van der Waals surface area contributed by atoms with Gasteiger partial charge >= 0.3 is 29.6 Å². The zero-order valence-electron chi connectivity index (χ0n) is 11.4. The third kappa shape index (κ3) is 4.61. The van der Waals surface area contributed by atoms with Crippen molar-refractivity contribution in [1.82, 2.24) is 0 Å². The maximum absolute atomic E-state index is 10.9. The van der Waals surface area contributed by atoms with Crippen LogP contribution in [0.15, 0.2) is 53.4 Å². The third-order valence-corrected chi connectivity index (χ3v) is 3.20. The Morgan fingerprint density at radius 2 is 1.80 bits per heavy atom. The van der Waals surface area contributed by atoms with E-state index in [0.29, 0.717) is 18.1 Å². The van der Waals surface area contributed by atoms with Crippen molar-refractivity contribution in [3.63, 3.8) is 0 Å². The number of rotatable bonds is 5. The fraction of sp³-hybridized carbons (Fsp3) is 0.143. The average molecular weight is 300 g/mol. The molecule has 0 heterocycles. The summed E-state index contributed by atoms with van der Waals surface area (Å²) >= 11 is -2.27. The van der Waals surface area contributed by atoms with Gasteiger partial charge in [-0.05, 0) is 34.8 Å². The van der Waals surface area contributed by atoms with Crippen molar-refractivity contribution in [1.29, 1.82) is 0 Å². The molecule has 0 saturated carbocycles. The molecule has 1 atom stereocenters. The molecule has 0 bridgehead atoms. The Morgan fingerprint density at radius 1 is 1.10 bits per heavy atom. The number of hydrogen-bond donors (Lipinski definition) is 0. The molecule has 0 fully saturated rings. The van der Waals surface area contributed by atoms with Gasteiger partial charge in [-0.3, -0.25) is 4.21 Å². The molecule has 100 valence electrons. The van der Waals surface area contributed by atoms with Gasteiger partial charge < -0.3 is 14.0 Å². The van der Waals surface area contributed by atoms with Gasteiger partial charge in [0.15, 0.2) is 11.5 Å². The minimum absolute atomic E-state index is 0. The monoisotopic (exact) mass is 300 g/mol. The van der Waals surface area contributed by atoms with Crippen molar-refractivity contribution in [2.24, 2.45) is 0 Å². The van der Waals surface area contributed by atoms with E-state index in [2.05, 4.69) is 0 Å². The maximum atomic E-state index is 10.9. The van der Waals surface area contributed by atoms with Crippen LogP contribution in [-0.4, -0.2) is 15.9 Å². The molecule has 2 aromatic carbocycles. The SMILES string of the molecule is COc1cc(S(=O)[O-])ccc1OCc1ccccc1.[Na+]. The summed E-state index contributed by atoms with van der Waals surface area (Å²) in [6.07, 6.45) is 0. The third-order valence-electron chi connectivity index (χ3n) is 2.56. The van der Waals surface area contributed by atoms with Crippen molar-refractivity contribution < 1.29 is 47.8 Å². The molecule has 0 amide bonds. The molecule has 20 heavy (non-hydrogen) atoms. The van der Waals surface area contributed by atoms with Gasteiger partial charge in [0.25, 0.3) is 0 Å². The minimum atomic E-state index is -2.27. The molecule has 0 N–H and O–H groups in total. The van der Waals surface area contributed by atoms with Gasteiger partial charge in [-0.25, -0.2) is 0 Å². The molecule has 1 unspecified atom stereocenters. The Hall–Kier alpha value is -0.850. The van der Waals surface area contributed by atoms with Crippen molar-refractivity contribution >= 4 is 11.1 Å². The molecule has 0 aliphatic carbocycles. The molecular weight excluding hydrogens is 287 g/mol. The molecule has 4 nitrogen and oxygen atoms in total. The summed E-state index contributed by atoms with van der Waals surface area (Å²) in [4.78, 5) is 0.170. The predicted molar refractivity (Wildman–Crippen MR) is 71.0 cm³/mol. The zero-order valence-corrected chi connectivity index (χ0v) is 14.2. The Labute approximate surface area is 142 Å². The smallest absolute Gasteiger partial charge is 0.768 e. The Bertz CT molecular complexity index is 575. The Kier molecular flexibility index (Phi) is 7.26. The average Bonchev–Trinajstić information content (AvgIpc) is 2.45.